The second-order valence-corrected chi connectivity index (χ2v) is 6.96. The van der Waals surface area contributed by atoms with Gasteiger partial charge in [-0.1, -0.05) is 39.0 Å². The van der Waals surface area contributed by atoms with E-state index in [2.05, 4.69) is 37.0 Å². The van der Waals surface area contributed by atoms with Crippen LogP contribution < -0.4 is 15.2 Å². The highest BCUT2D eigenvalue weighted by Crippen LogP contribution is 2.47. The quantitative estimate of drug-likeness (QED) is 0.895. The molecule has 1 aliphatic heterocycles. The summed E-state index contributed by atoms with van der Waals surface area (Å²) in [5.74, 6) is 0.838. The predicted octanol–water partition coefficient (Wildman–Crippen LogP) is 3.32. The number of nitrogens with zero attached hydrogens (tertiary/aromatic N) is 2. The summed E-state index contributed by atoms with van der Waals surface area (Å²) in [6.45, 7) is 8.71. The summed E-state index contributed by atoms with van der Waals surface area (Å²) < 4.78 is 11.4. The first-order valence-corrected chi connectivity index (χ1v) is 8.26. The second-order valence-electron chi connectivity index (χ2n) is 6.96. The van der Waals surface area contributed by atoms with Crippen molar-refractivity contribution in [1.29, 1.82) is 5.26 Å². The fourth-order valence-corrected chi connectivity index (χ4v) is 3.13. The molecule has 3 N–H and O–H groups in total. The van der Waals surface area contributed by atoms with Gasteiger partial charge in [0.25, 0.3) is 0 Å². The first kappa shape index (κ1) is 16.9. The Bertz CT molecular complexity index is 868. The maximum atomic E-state index is 9.73. The number of nitrogens with one attached hydrogen (secondary N) is 1. The molecule has 0 fully saturated rings. The maximum absolute atomic E-state index is 9.73. The summed E-state index contributed by atoms with van der Waals surface area (Å²) in [4.78, 5) is 0. The van der Waals surface area contributed by atoms with Gasteiger partial charge in [0.15, 0.2) is 0 Å². The van der Waals surface area contributed by atoms with Crippen LogP contribution in [-0.2, 0) is 5.41 Å². The number of hydrogen-bond acceptors (Lipinski definition) is 5. The molecular weight excluding hydrogens is 316 g/mol. The van der Waals surface area contributed by atoms with Crippen LogP contribution in [0.3, 0.4) is 0 Å². The third-order valence-electron chi connectivity index (χ3n) is 4.22. The van der Waals surface area contributed by atoms with Crippen LogP contribution in [0.2, 0.25) is 0 Å². The molecule has 6 heteroatoms. The average Bonchev–Trinajstić information content (AvgIpc) is 2.98. The van der Waals surface area contributed by atoms with Crippen molar-refractivity contribution in [3.63, 3.8) is 0 Å². The molecule has 0 spiro atoms. The van der Waals surface area contributed by atoms with E-state index in [0.29, 0.717) is 18.1 Å². The summed E-state index contributed by atoms with van der Waals surface area (Å²) >= 11 is 0. The van der Waals surface area contributed by atoms with Crippen LogP contribution in [0.5, 0.6) is 11.6 Å². The zero-order valence-corrected chi connectivity index (χ0v) is 14.9. The number of aromatic nitrogens is 2. The number of hydrogen-bond donors (Lipinski definition) is 2. The average molecular weight is 338 g/mol. The van der Waals surface area contributed by atoms with Crippen molar-refractivity contribution >= 4 is 0 Å². The van der Waals surface area contributed by atoms with Gasteiger partial charge in [-0.2, -0.15) is 5.26 Å². The smallest absolute Gasteiger partial charge is 0.244 e. The fraction of sp³-hybridized carbons (Fsp3) is 0.368. The lowest BCUT2D eigenvalue weighted by Crippen LogP contribution is -2.24. The van der Waals surface area contributed by atoms with Gasteiger partial charge in [-0.15, -0.1) is 5.10 Å². The van der Waals surface area contributed by atoms with E-state index in [1.807, 2.05) is 31.2 Å². The van der Waals surface area contributed by atoms with Crippen LogP contribution in [0.15, 0.2) is 35.7 Å². The molecule has 0 radical (unpaired) electrons. The predicted molar refractivity (Wildman–Crippen MR) is 94.2 cm³/mol. The number of H-pyrrole nitrogens is 1. The van der Waals surface area contributed by atoms with Gasteiger partial charge in [-0.05, 0) is 13.0 Å². The van der Waals surface area contributed by atoms with E-state index in [9.17, 15) is 5.26 Å². The highest BCUT2D eigenvalue weighted by atomic mass is 16.5. The second kappa shape index (κ2) is 6.17. The summed E-state index contributed by atoms with van der Waals surface area (Å²) in [7, 11) is 0. The molecule has 25 heavy (non-hydrogen) atoms. The number of benzene rings is 1. The van der Waals surface area contributed by atoms with Crippen molar-refractivity contribution in [3.05, 3.63) is 52.5 Å². The zero-order valence-electron chi connectivity index (χ0n) is 14.9. The summed E-state index contributed by atoms with van der Waals surface area (Å²) in [5.41, 5.74) is 8.81. The van der Waals surface area contributed by atoms with E-state index < -0.39 is 0 Å². The van der Waals surface area contributed by atoms with Crippen molar-refractivity contribution in [3.8, 4) is 17.7 Å². The third-order valence-corrected chi connectivity index (χ3v) is 4.22. The van der Waals surface area contributed by atoms with E-state index in [-0.39, 0.29) is 17.2 Å². The van der Waals surface area contributed by atoms with Crippen LogP contribution in [0.4, 0.5) is 0 Å². The van der Waals surface area contributed by atoms with Crippen LogP contribution in [-0.4, -0.2) is 16.8 Å². The Morgan fingerprint density at radius 1 is 1.36 bits per heavy atom. The Morgan fingerprint density at radius 2 is 2.08 bits per heavy atom. The molecule has 1 atom stereocenters. The number of fused-ring (bicyclic) bond motifs is 1. The third kappa shape index (κ3) is 2.82. The number of para-hydroxylation sites is 1. The van der Waals surface area contributed by atoms with Gasteiger partial charge in [0.1, 0.15) is 17.4 Å². The van der Waals surface area contributed by atoms with Crippen molar-refractivity contribution < 1.29 is 9.47 Å². The lowest BCUT2D eigenvalue weighted by molar-refractivity contribution is 0.333. The minimum Gasteiger partial charge on any atom is -0.494 e. The van der Waals surface area contributed by atoms with E-state index in [0.717, 1.165) is 22.6 Å². The molecule has 6 nitrogen and oxygen atoms in total. The summed E-state index contributed by atoms with van der Waals surface area (Å²) in [6, 6.07) is 9.90. The van der Waals surface area contributed by atoms with Crippen molar-refractivity contribution in [2.75, 3.05) is 6.61 Å². The molecule has 1 unspecified atom stereocenters. The number of ether oxygens (including phenoxy) is 2. The minimum absolute atomic E-state index is 0.0817. The molecule has 0 bridgehead atoms. The van der Waals surface area contributed by atoms with Crippen LogP contribution in [0, 0.1) is 11.3 Å². The molecule has 1 aliphatic rings. The molecule has 1 aromatic carbocycles. The lowest BCUT2D eigenvalue weighted by Gasteiger charge is -2.28. The Morgan fingerprint density at radius 3 is 2.72 bits per heavy atom. The lowest BCUT2D eigenvalue weighted by atomic mass is 9.78. The highest BCUT2D eigenvalue weighted by molar-refractivity contribution is 5.58. The molecular formula is C19H22N4O2. The number of allylic oxidation sites excluding steroid dienone is 1. The first-order valence-electron chi connectivity index (χ1n) is 8.26. The number of aromatic amines is 1. The van der Waals surface area contributed by atoms with Gasteiger partial charge in [-0.25, -0.2) is 0 Å². The van der Waals surface area contributed by atoms with E-state index in [1.165, 1.54) is 0 Å². The Balaban J connectivity index is 2.28. The van der Waals surface area contributed by atoms with Gasteiger partial charge >= 0.3 is 0 Å². The molecule has 2 heterocycles. The maximum Gasteiger partial charge on any atom is 0.244 e. The zero-order chi connectivity index (χ0) is 18.2. The molecule has 0 amide bonds. The molecule has 0 saturated carbocycles. The topological polar surface area (TPSA) is 96.9 Å². The number of nitriles is 1. The minimum atomic E-state index is -0.385. The number of rotatable bonds is 3. The van der Waals surface area contributed by atoms with Crippen molar-refractivity contribution in [2.45, 2.75) is 39.0 Å². The van der Waals surface area contributed by atoms with E-state index >= 15 is 0 Å². The van der Waals surface area contributed by atoms with Crippen molar-refractivity contribution in [1.82, 2.24) is 10.2 Å². The fourth-order valence-electron chi connectivity index (χ4n) is 3.13. The van der Waals surface area contributed by atoms with Gasteiger partial charge < -0.3 is 15.2 Å². The van der Waals surface area contributed by atoms with Crippen molar-refractivity contribution in [2.24, 2.45) is 5.73 Å². The molecule has 3 rings (SSSR count). The van der Waals surface area contributed by atoms with Crippen LogP contribution in [0.25, 0.3) is 0 Å². The Hall–Kier alpha value is -2.94. The summed E-state index contributed by atoms with van der Waals surface area (Å²) in [5, 5.41) is 17.1. The molecule has 0 saturated heterocycles. The molecule has 2 aromatic rings. The first-order chi connectivity index (χ1) is 11.9. The van der Waals surface area contributed by atoms with E-state index in [4.69, 9.17) is 15.2 Å². The number of nitrogens with two attached hydrogens (primary N) is 1. The SMILES string of the molecule is CCOc1ccccc1C1C(C#N)=C(N)Oc2n[nH]c(C(C)(C)C)c21. The van der Waals surface area contributed by atoms with Gasteiger partial charge in [-0.3, -0.25) is 5.10 Å². The molecule has 1 aromatic heterocycles. The van der Waals surface area contributed by atoms with E-state index in [1.54, 1.807) is 0 Å². The Labute approximate surface area is 147 Å². The monoisotopic (exact) mass is 338 g/mol. The largest absolute Gasteiger partial charge is 0.494 e. The van der Waals surface area contributed by atoms with Crippen LogP contribution in [0.1, 0.15) is 50.4 Å². The highest BCUT2D eigenvalue weighted by Gasteiger charge is 2.39. The van der Waals surface area contributed by atoms with Gasteiger partial charge in [0.2, 0.25) is 11.8 Å². The normalized spacial score (nSPS) is 16.8. The summed E-state index contributed by atoms with van der Waals surface area (Å²) in [6.07, 6.45) is 0. The standard InChI is InChI=1S/C19H22N4O2/c1-5-24-13-9-7-6-8-11(13)14-12(10-20)17(21)25-18-15(14)16(22-23-18)19(2,3)4/h6-9,14H,5,21H2,1-4H3,(H,22,23). The molecule has 130 valence electrons. The van der Waals surface area contributed by atoms with Gasteiger partial charge in [0.05, 0.1) is 18.1 Å². The van der Waals surface area contributed by atoms with Crippen LogP contribution >= 0.6 is 0 Å². The Kier molecular flexibility index (Phi) is 4.17. The van der Waals surface area contributed by atoms with Gasteiger partial charge in [0, 0.05) is 16.7 Å². The molecule has 0 aliphatic carbocycles.